The zero-order valence-corrected chi connectivity index (χ0v) is 18.1. The molecule has 0 spiro atoms. The van der Waals surface area contributed by atoms with Gasteiger partial charge in [-0.1, -0.05) is 60.7 Å². The van der Waals surface area contributed by atoms with Gasteiger partial charge in [-0.2, -0.15) is 0 Å². The molecule has 2 aromatic carbocycles. The number of hydrogen-bond donors (Lipinski definition) is 3. The number of ether oxygens (including phenoxy) is 1. The van der Waals surface area contributed by atoms with Crippen LogP contribution in [0.4, 0.5) is 0 Å². The monoisotopic (exact) mass is 422 g/mol. The molecule has 4 rings (SSSR count). The van der Waals surface area contributed by atoms with Gasteiger partial charge >= 0.3 is 0 Å². The lowest BCUT2D eigenvalue weighted by atomic mass is 9.73. The molecule has 1 aliphatic carbocycles. The summed E-state index contributed by atoms with van der Waals surface area (Å²) < 4.78 is 6.56. The summed E-state index contributed by atoms with van der Waals surface area (Å²) in [7, 11) is 0. The molecule has 0 bridgehead atoms. The Morgan fingerprint density at radius 2 is 1.74 bits per heavy atom. The molecular weight excluding hydrogens is 388 g/mol. The van der Waals surface area contributed by atoms with Crippen molar-refractivity contribution >= 4 is 5.91 Å². The van der Waals surface area contributed by atoms with Gasteiger partial charge in [0.15, 0.2) is 0 Å². The van der Waals surface area contributed by atoms with E-state index in [9.17, 15) is 9.90 Å². The van der Waals surface area contributed by atoms with Crippen molar-refractivity contribution in [2.45, 2.75) is 62.3 Å². The number of aliphatic hydroxyl groups excluding tert-OH is 1. The second-order valence-electron chi connectivity index (χ2n) is 9.08. The second-order valence-corrected chi connectivity index (χ2v) is 9.08. The molecule has 2 aromatic rings. The van der Waals surface area contributed by atoms with Crippen LogP contribution in [-0.4, -0.2) is 36.3 Å². The number of nitrogens with two attached hydrogens (primary N) is 1. The predicted octanol–water partition coefficient (Wildman–Crippen LogP) is 3.47. The molecule has 2 fully saturated rings. The summed E-state index contributed by atoms with van der Waals surface area (Å²) in [6.07, 6.45) is 4.15. The standard InChI is InChI=1S/C26H34N2O3/c27-16-13-25(30)28-18-26(20-9-5-2-6-10-20)14-11-21-22(29)17-24(31-23(21)12-15-26)19-7-3-1-4-8-19/h1-10,21-24,29H,11-18,27H2,(H,28,30)/t21-,22+,23+,24+,26+/m1/s1. The molecule has 5 nitrogen and oxygen atoms in total. The Morgan fingerprint density at radius 1 is 1.06 bits per heavy atom. The summed E-state index contributed by atoms with van der Waals surface area (Å²) in [5, 5.41) is 14.2. The Balaban J connectivity index is 1.54. The Hall–Kier alpha value is -2.21. The van der Waals surface area contributed by atoms with E-state index in [1.165, 1.54) is 5.56 Å². The molecular formula is C26H34N2O3. The van der Waals surface area contributed by atoms with E-state index in [-0.39, 0.29) is 35.6 Å². The number of amides is 1. The van der Waals surface area contributed by atoms with Crippen molar-refractivity contribution < 1.29 is 14.6 Å². The van der Waals surface area contributed by atoms with Crippen LogP contribution in [-0.2, 0) is 14.9 Å². The van der Waals surface area contributed by atoms with Gasteiger partial charge in [0.25, 0.3) is 0 Å². The van der Waals surface area contributed by atoms with Crippen LogP contribution in [0.2, 0.25) is 0 Å². The van der Waals surface area contributed by atoms with Gasteiger partial charge in [-0.05, 0) is 36.8 Å². The minimum absolute atomic E-state index is 0.0000965. The molecule has 0 aromatic heterocycles. The molecule has 1 saturated carbocycles. The van der Waals surface area contributed by atoms with Gasteiger partial charge in [-0.3, -0.25) is 4.79 Å². The minimum Gasteiger partial charge on any atom is -0.393 e. The molecule has 1 aliphatic heterocycles. The highest BCUT2D eigenvalue weighted by Crippen LogP contribution is 2.46. The van der Waals surface area contributed by atoms with Crippen LogP contribution in [0.25, 0.3) is 0 Å². The summed E-state index contributed by atoms with van der Waals surface area (Å²) in [5.41, 5.74) is 7.78. The van der Waals surface area contributed by atoms with E-state index >= 15 is 0 Å². The van der Waals surface area contributed by atoms with Gasteiger partial charge in [-0.15, -0.1) is 0 Å². The zero-order chi connectivity index (χ0) is 21.7. The molecule has 166 valence electrons. The third kappa shape index (κ3) is 5.00. The Labute approximate surface area is 185 Å². The van der Waals surface area contributed by atoms with E-state index < -0.39 is 0 Å². The summed E-state index contributed by atoms with van der Waals surface area (Å²) in [6.45, 7) is 0.947. The van der Waals surface area contributed by atoms with Gasteiger partial charge in [0.05, 0.1) is 18.3 Å². The predicted molar refractivity (Wildman–Crippen MR) is 121 cm³/mol. The smallest absolute Gasteiger partial charge is 0.221 e. The number of nitrogens with one attached hydrogen (secondary N) is 1. The molecule has 0 unspecified atom stereocenters. The third-order valence-corrected chi connectivity index (χ3v) is 7.18. The van der Waals surface area contributed by atoms with Crippen LogP contribution >= 0.6 is 0 Å². The second kappa shape index (κ2) is 9.94. The number of aliphatic hydroxyl groups is 1. The highest BCUT2D eigenvalue weighted by molar-refractivity contribution is 5.76. The van der Waals surface area contributed by atoms with Crippen molar-refractivity contribution in [3.05, 3.63) is 71.8 Å². The van der Waals surface area contributed by atoms with Crippen LogP contribution < -0.4 is 11.1 Å². The molecule has 4 N–H and O–H groups in total. The fraction of sp³-hybridized carbons (Fsp3) is 0.500. The van der Waals surface area contributed by atoms with Gasteiger partial charge in [-0.25, -0.2) is 0 Å². The first-order chi connectivity index (χ1) is 15.1. The van der Waals surface area contributed by atoms with Crippen molar-refractivity contribution in [1.82, 2.24) is 5.32 Å². The van der Waals surface area contributed by atoms with Crippen molar-refractivity contribution in [2.75, 3.05) is 13.1 Å². The highest BCUT2D eigenvalue weighted by Gasteiger charge is 2.44. The zero-order valence-electron chi connectivity index (χ0n) is 18.1. The largest absolute Gasteiger partial charge is 0.393 e. The molecule has 1 heterocycles. The molecule has 1 amide bonds. The first-order valence-electron chi connectivity index (χ1n) is 11.5. The lowest BCUT2D eigenvalue weighted by Gasteiger charge is -2.39. The Morgan fingerprint density at radius 3 is 2.45 bits per heavy atom. The van der Waals surface area contributed by atoms with E-state index in [1.807, 2.05) is 24.3 Å². The topological polar surface area (TPSA) is 84.6 Å². The quantitative estimate of drug-likeness (QED) is 0.666. The van der Waals surface area contributed by atoms with E-state index in [1.54, 1.807) is 0 Å². The molecule has 5 heteroatoms. The SMILES string of the molecule is NCCC(=O)NC[C@]1(c2ccccc2)CC[C@H]2[C@H](CC1)O[C@H](c1ccccc1)C[C@@H]2O. The number of rotatable bonds is 6. The van der Waals surface area contributed by atoms with Gasteiger partial charge in [0, 0.05) is 37.3 Å². The lowest BCUT2D eigenvalue weighted by molar-refractivity contribution is -0.139. The van der Waals surface area contributed by atoms with Crippen molar-refractivity contribution in [3.8, 4) is 0 Å². The summed E-state index contributed by atoms with van der Waals surface area (Å²) in [6, 6.07) is 20.7. The normalized spacial score (nSPS) is 30.8. The maximum absolute atomic E-state index is 12.2. The fourth-order valence-corrected chi connectivity index (χ4v) is 5.39. The van der Waals surface area contributed by atoms with Crippen LogP contribution in [0, 0.1) is 5.92 Å². The summed E-state index contributed by atoms with van der Waals surface area (Å²) in [5.74, 6) is 0.130. The van der Waals surface area contributed by atoms with Crippen molar-refractivity contribution in [3.63, 3.8) is 0 Å². The maximum atomic E-state index is 12.2. The van der Waals surface area contributed by atoms with Crippen LogP contribution in [0.15, 0.2) is 60.7 Å². The van der Waals surface area contributed by atoms with Gasteiger partial charge < -0.3 is 20.9 Å². The average Bonchev–Trinajstić information content (AvgIpc) is 3.00. The maximum Gasteiger partial charge on any atom is 0.221 e. The Kier molecular flexibility index (Phi) is 7.06. The number of benzene rings is 2. The molecule has 1 saturated heterocycles. The van der Waals surface area contributed by atoms with Crippen LogP contribution in [0.3, 0.4) is 0 Å². The summed E-state index contributed by atoms with van der Waals surface area (Å²) >= 11 is 0. The van der Waals surface area contributed by atoms with Gasteiger partial charge in [0.2, 0.25) is 5.91 Å². The number of fused-ring (bicyclic) bond motifs is 1. The van der Waals surface area contributed by atoms with E-state index in [0.717, 1.165) is 31.2 Å². The third-order valence-electron chi connectivity index (χ3n) is 7.18. The van der Waals surface area contributed by atoms with E-state index in [2.05, 4.69) is 41.7 Å². The van der Waals surface area contributed by atoms with Crippen LogP contribution in [0.1, 0.15) is 55.8 Å². The van der Waals surface area contributed by atoms with E-state index in [4.69, 9.17) is 10.5 Å². The first-order valence-corrected chi connectivity index (χ1v) is 11.5. The highest BCUT2D eigenvalue weighted by atomic mass is 16.5. The fourth-order valence-electron chi connectivity index (χ4n) is 5.39. The van der Waals surface area contributed by atoms with Crippen molar-refractivity contribution in [2.24, 2.45) is 11.7 Å². The molecule has 0 radical (unpaired) electrons. The van der Waals surface area contributed by atoms with Crippen molar-refractivity contribution in [1.29, 1.82) is 0 Å². The summed E-state index contributed by atoms with van der Waals surface area (Å²) in [4.78, 5) is 12.2. The van der Waals surface area contributed by atoms with Crippen LogP contribution in [0.5, 0.6) is 0 Å². The lowest BCUT2D eigenvalue weighted by Crippen LogP contribution is -2.41. The Bertz CT molecular complexity index is 844. The average molecular weight is 423 g/mol. The van der Waals surface area contributed by atoms with Gasteiger partial charge in [0.1, 0.15) is 0 Å². The number of hydrogen-bond acceptors (Lipinski definition) is 4. The molecule has 5 atom stereocenters. The first kappa shape index (κ1) is 22.0. The number of carbonyl (C=O) groups is 1. The molecule has 2 aliphatic rings. The molecule has 31 heavy (non-hydrogen) atoms. The number of carbonyl (C=O) groups excluding carboxylic acids is 1. The van der Waals surface area contributed by atoms with E-state index in [0.29, 0.717) is 25.9 Å². The minimum atomic E-state index is -0.373.